The lowest BCUT2D eigenvalue weighted by molar-refractivity contribution is -0.0139. The number of piperidine rings is 1. The number of hydrogen-bond donors (Lipinski definition) is 2. The second-order valence-electron chi connectivity index (χ2n) is 7.86. The standard InChI is InChI=1S/C24H30N2O5/c1-4-31-19-9-10-26(21(13-19)16-5-7-17(8-6-16)24(28)29)14-18-12-20(23(25)27)15(2)11-22(18)30-3/h5-8,11-12,19,21H,4,9-10,13-14H2,1-3H3,(H2,25,27)(H,28,29)/t19-,21-/m0/s1. The van der Waals surface area contributed by atoms with Crippen molar-refractivity contribution in [3.8, 4) is 5.75 Å². The fraction of sp³-hybridized carbons (Fsp3) is 0.417. The number of nitrogens with two attached hydrogens (primary N) is 1. The van der Waals surface area contributed by atoms with Crippen LogP contribution in [0.1, 0.15) is 63.2 Å². The maximum atomic E-state index is 11.9. The number of carbonyl (C=O) groups is 2. The van der Waals surface area contributed by atoms with Crippen molar-refractivity contribution >= 4 is 11.9 Å². The summed E-state index contributed by atoms with van der Waals surface area (Å²) in [7, 11) is 1.62. The lowest BCUT2D eigenvalue weighted by Gasteiger charge is -2.40. The molecule has 0 unspecified atom stereocenters. The number of nitrogens with zero attached hydrogens (tertiary/aromatic N) is 1. The number of rotatable bonds is 8. The van der Waals surface area contributed by atoms with Gasteiger partial charge < -0.3 is 20.3 Å². The second-order valence-corrected chi connectivity index (χ2v) is 7.86. The molecule has 1 fully saturated rings. The number of benzene rings is 2. The number of methoxy groups -OCH3 is 1. The Labute approximate surface area is 182 Å². The summed E-state index contributed by atoms with van der Waals surface area (Å²) in [5, 5.41) is 9.21. The van der Waals surface area contributed by atoms with Crippen LogP contribution >= 0.6 is 0 Å². The van der Waals surface area contributed by atoms with Crippen LogP contribution in [-0.4, -0.2) is 48.2 Å². The lowest BCUT2D eigenvalue weighted by Crippen LogP contribution is -2.39. The lowest BCUT2D eigenvalue weighted by atomic mass is 9.91. The molecule has 166 valence electrons. The predicted molar refractivity (Wildman–Crippen MR) is 117 cm³/mol. The van der Waals surface area contributed by atoms with Crippen LogP contribution in [0.5, 0.6) is 5.75 Å². The molecule has 0 radical (unpaired) electrons. The topological polar surface area (TPSA) is 102 Å². The molecule has 3 rings (SSSR count). The maximum absolute atomic E-state index is 11.9. The Bertz CT molecular complexity index is 942. The number of aryl methyl sites for hydroxylation is 1. The zero-order valence-electron chi connectivity index (χ0n) is 18.3. The average molecular weight is 427 g/mol. The summed E-state index contributed by atoms with van der Waals surface area (Å²) in [6.07, 6.45) is 1.84. The largest absolute Gasteiger partial charge is 0.496 e. The summed E-state index contributed by atoms with van der Waals surface area (Å²) in [5.74, 6) is -0.686. The fourth-order valence-electron chi connectivity index (χ4n) is 4.28. The number of hydrogen-bond acceptors (Lipinski definition) is 5. The van der Waals surface area contributed by atoms with E-state index < -0.39 is 11.9 Å². The highest BCUT2D eigenvalue weighted by Gasteiger charge is 2.31. The van der Waals surface area contributed by atoms with Gasteiger partial charge >= 0.3 is 5.97 Å². The number of carbonyl (C=O) groups excluding carboxylic acids is 1. The van der Waals surface area contributed by atoms with E-state index in [2.05, 4.69) is 4.90 Å². The van der Waals surface area contributed by atoms with Crippen LogP contribution in [0.3, 0.4) is 0 Å². The van der Waals surface area contributed by atoms with Crippen molar-refractivity contribution in [2.45, 2.75) is 45.4 Å². The first-order chi connectivity index (χ1) is 14.8. The van der Waals surface area contributed by atoms with E-state index in [0.717, 1.165) is 41.8 Å². The normalized spacial score (nSPS) is 19.2. The van der Waals surface area contributed by atoms with Gasteiger partial charge in [-0.05, 0) is 62.1 Å². The number of ether oxygens (including phenoxy) is 2. The number of likely N-dealkylation sites (tertiary alicyclic amines) is 1. The summed E-state index contributed by atoms with van der Waals surface area (Å²) >= 11 is 0. The van der Waals surface area contributed by atoms with Crippen LogP contribution < -0.4 is 10.5 Å². The fourth-order valence-corrected chi connectivity index (χ4v) is 4.28. The van der Waals surface area contributed by atoms with Crippen LogP contribution in [0.15, 0.2) is 36.4 Å². The molecular weight excluding hydrogens is 396 g/mol. The molecule has 0 aliphatic carbocycles. The van der Waals surface area contributed by atoms with Crippen molar-refractivity contribution in [3.05, 3.63) is 64.2 Å². The average Bonchev–Trinajstić information content (AvgIpc) is 2.75. The molecule has 1 saturated heterocycles. The summed E-state index contributed by atoms with van der Waals surface area (Å²) in [6.45, 7) is 5.87. The summed E-state index contributed by atoms with van der Waals surface area (Å²) in [6, 6.07) is 10.7. The van der Waals surface area contributed by atoms with E-state index in [4.69, 9.17) is 15.2 Å². The molecule has 2 aromatic carbocycles. The Morgan fingerprint density at radius 1 is 1.23 bits per heavy atom. The summed E-state index contributed by atoms with van der Waals surface area (Å²) in [4.78, 5) is 25.4. The van der Waals surface area contributed by atoms with E-state index in [1.165, 1.54) is 0 Å². The quantitative estimate of drug-likeness (QED) is 0.669. The minimum atomic E-state index is -0.942. The van der Waals surface area contributed by atoms with Gasteiger partial charge in [0, 0.05) is 36.9 Å². The number of carboxylic acids is 1. The van der Waals surface area contributed by atoms with E-state index >= 15 is 0 Å². The Hall–Kier alpha value is -2.90. The van der Waals surface area contributed by atoms with Crippen molar-refractivity contribution < 1.29 is 24.2 Å². The molecule has 7 heteroatoms. The van der Waals surface area contributed by atoms with E-state index in [-0.39, 0.29) is 17.7 Å². The third kappa shape index (κ3) is 5.24. The minimum absolute atomic E-state index is 0.0520. The van der Waals surface area contributed by atoms with Crippen molar-refractivity contribution in [3.63, 3.8) is 0 Å². The second kappa shape index (κ2) is 9.94. The van der Waals surface area contributed by atoms with Crippen LogP contribution in [0, 0.1) is 6.92 Å². The zero-order chi connectivity index (χ0) is 22.5. The highest BCUT2D eigenvalue weighted by atomic mass is 16.5. The molecule has 1 aliphatic heterocycles. The number of aromatic carboxylic acids is 1. The molecule has 0 saturated carbocycles. The third-order valence-corrected chi connectivity index (χ3v) is 5.88. The Morgan fingerprint density at radius 3 is 2.52 bits per heavy atom. The van der Waals surface area contributed by atoms with Gasteiger partial charge in [0.1, 0.15) is 5.75 Å². The summed E-state index contributed by atoms with van der Waals surface area (Å²) in [5.41, 5.74) is 9.02. The molecule has 0 spiro atoms. The molecular formula is C24H30N2O5. The first kappa shape index (κ1) is 22.8. The predicted octanol–water partition coefficient (Wildman–Crippen LogP) is 3.54. The van der Waals surface area contributed by atoms with Crippen molar-refractivity contribution in [1.82, 2.24) is 4.90 Å². The maximum Gasteiger partial charge on any atom is 0.335 e. The van der Waals surface area contributed by atoms with Gasteiger partial charge in [-0.15, -0.1) is 0 Å². The highest BCUT2D eigenvalue weighted by Crippen LogP contribution is 2.35. The van der Waals surface area contributed by atoms with E-state index in [1.54, 1.807) is 19.2 Å². The van der Waals surface area contributed by atoms with Crippen molar-refractivity contribution in [1.29, 1.82) is 0 Å². The van der Waals surface area contributed by atoms with Gasteiger partial charge in [-0.25, -0.2) is 4.79 Å². The molecule has 1 heterocycles. The van der Waals surface area contributed by atoms with E-state index in [1.807, 2.05) is 38.1 Å². The third-order valence-electron chi connectivity index (χ3n) is 5.88. The van der Waals surface area contributed by atoms with Gasteiger partial charge in [-0.1, -0.05) is 12.1 Å². The van der Waals surface area contributed by atoms with Gasteiger partial charge in [0.05, 0.1) is 18.8 Å². The molecule has 0 aromatic heterocycles. The van der Waals surface area contributed by atoms with E-state index in [0.29, 0.717) is 18.7 Å². The van der Waals surface area contributed by atoms with Crippen LogP contribution in [0.25, 0.3) is 0 Å². The van der Waals surface area contributed by atoms with Gasteiger partial charge in [0.25, 0.3) is 0 Å². The molecule has 2 aromatic rings. The molecule has 1 aliphatic rings. The molecule has 0 bridgehead atoms. The van der Waals surface area contributed by atoms with Crippen LogP contribution in [0.4, 0.5) is 0 Å². The molecule has 2 atom stereocenters. The number of amides is 1. The van der Waals surface area contributed by atoms with Gasteiger partial charge in [-0.3, -0.25) is 9.69 Å². The molecule has 7 nitrogen and oxygen atoms in total. The van der Waals surface area contributed by atoms with E-state index in [9.17, 15) is 14.7 Å². The van der Waals surface area contributed by atoms with Crippen LogP contribution in [0.2, 0.25) is 0 Å². The van der Waals surface area contributed by atoms with Crippen molar-refractivity contribution in [2.75, 3.05) is 20.3 Å². The molecule has 3 N–H and O–H groups in total. The van der Waals surface area contributed by atoms with Gasteiger partial charge in [-0.2, -0.15) is 0 Å². The SMILES string of the molecule is CCO[C@H]1CCN(Cc2cc(C(N)=O)c(C)cc2OC)[C@H](c2ccc(C(=O)O)cc2)C1. The number of primary amides is 1. The Balaban J connectivity index is 1.93. The van der Waals surface area contributed by atoms with Crippen molar-refractivity contribution in [2.24, 2.45) is 5.73 Å². The smallest absolute Gasteiger partial charge is 0.335 e. The Kier molecular flexibility index (Phi) is 7.30. The first-order valence-corrected chi connectivity index (χ1v) is 10.5. The molecule has 31 heavy (non-hydrogen) atoms. The summed E-state index contributed by atoms with van der Waals surface area (Å²) < 4.78 is 11.5. The monoisotopic (exact) mass is 426 g/mol. The number of carboxylic acid groups (broad SMARTS) is 1. The van der Waals surface area contributed by atoms with Gasteiger partial charge in [0.2, 0.25) is 5.91 Å². The van der Waals surface area contributed by atoms with Gasteiger partial charge in [0.15, 0.2) is 0 Å². The Morgan fingerprint density at radius 2 is 1.94 bits per heavy atom. The minimum Gasteiger partial charge on any atom is -0.496 e. The molecule has 1 amide bonds. The zero-order valence-corrected chi connectivity index (χ0v) is 18.3. The first-order valence-electron chi connectivity index (χ1n) is 10.5. The highest BCUT2D eigenvalue weighted by molar-refractivity contribution is 5.94. The van der Waals surface area contributed by atoms with Crippen LogP contribution in [-0.2, 0) is 11.3 Å².